The molecule has 116 valence electrons. The lowest BCUT2D eigenvalue weighted by molar-refractivity contribution is -0.143. The SMILES string of the molecule is CC(C)CN1CCN(C2CCCN(C(C)C)C2=O)CC1. The number of hydrogen-bond donors (Lipinski definition) is 0. The second kappa shape index (κ2) is 6.90. The summed E-state index contributed by atoms with van der Waals surface area (Å²) in [5, 5.41) is 0. The molecule has 4 heteroatoms. The van der Waals surface area contributed by atoms with Crippen molar-refractivity contribution in [3.8, 4) is 0 Å². The second-order valence-electron chi connectivity index (χ2n) is 7.01. The Labute approximate surface area is 124 Å². The van der Waals surface area contributed by atoms with E-state index in [0.717, 1.165) is 51.5 Å². The standard InChI is InChI=1S/C16H31N3O/c1-13(2)12-17-8-10-18(11-9-17)15-6-5-7-19(14(3)4)16(15)20/h13-15H,5-12H2,1-4H3. The minimum Gasteiger partial charge on any atom is -0.339 e. The summed E-state index contributed by atoms with van der Waals surface area (Å²) in [6.45, 7) is 15.3. The van der Waals surface area contributed by atoms with Gasteiger partial charge in [-0.2, -0.15) is 0 Å². The van der Waals surface area contributed by atoms with E-state index in [0.29, 0.717) is 11.9 Å². The molecular weight excluding hydrogens is 250 g/mol. The van der Waals surface area contributed by atoms with E-state index in [4.69, 9.17) is 0 Å². The van der Waals surface area contributed by atoms with Crippen molar-refractivity contribution in [1.29, 1.82) is 0 Å². The number of likely N-dealkylation sites (tertiary alicyclic amines) is 1. The number of carbonyl (C=O) groups excluding carboxylic acids is 1. The van der Waals surface area contributed by atoms with Crippen molar-refractivity contribution in [2.24, 2.45) is 5.92 Å². The molecule has 2 heterocycles. The zero-order valence-electron chi connectivity index (χ0n) is 13.6. The molecule has 0 bridgehead atoms. The van der Waals surface area contributed by atoms with Crippen molar-refractivity contribution in [1.82, 2.24) is 14.7 Å². The van der Waals surface area contributed by atoms with E-state index in [-0.39, 0.29) is 6.04 Å². The number of hydrogen-bond acceptors (Lipinski definition) is 3. The van der Waals surface area contributed by atoms with Gasteiger partial charge in [-0.05, 0) is 32.6 Å². The maximum absolute atomic E-state index is 12.6. The molecule has 0 aromatic heterocycles. The number of piperazine rings is 1. The van der Waals surface area contributed by atoms with Crippen LogP contribution in [0.25, 0.3) is 0 Å². The largest absolute Gasteiger partial charge is 0.339 e. The number of amides is 1. The van der Waals surface area contributed by atoms with Gasteiger partial charge >= 0.3 is 0 Å². The summed E-state index contributed by atoms with van der Waals surface area (Å²) in [7, 11) is 0. The van der Waals surface area contributed by atoms with Crippen molar-refractivity contribution in [2.45, 2.75) is 52.6 Å². The van der Waals surface area contributed by atoms with Gasteiger partial charge < -0.3 is 9.80 Å². The summed E-state index contributed by atoms with van der Waals surface area (Å²) in [4.78, 5) is 19.6. The van der Waals surface area contributed by atoms with Crippen molar-refractivity contribution < 1.29 is 4.79 Å². The minimum atomic E-state index is 0.146. The van der Waals surface area contributed by atoms with Crippen LogP contribution >= 0.6 is 0 Å². The van der Waals surface area contributed by atoms with Gasteiger partial charge in [-0.15, -0.1) is 0 Å². The fourth-order valence-electron chi connectivity index (χ4n) is 3.51. The third-order valence-electron chi connectivity index (χ3n) is 4.54. The highest BCUT2D eigenvalue weighted by Crippen LogP contribution is 2.20. The Morgan fingerprint density at radius 3 is 2.25 bits per heavy atom. The molecule has 2 saturated heterocycles. The summed E-state index contributed by atoms with van der Waals surface area (Å²) in [5.74, 6) is 1.10. The summed E-state index contributed by atoms with van der Waals surface area (Å²) in [6, 6.07) is 0.486. The minimum absolute atomic E-state index is 0.146. The van der Waals surface area contributed by atoms with Crippen LogP contribution in [0, 0.1) is 5.92 Å². The molecule has 2 aliphatic rings. The van der Waals surface area contributed by atoms with Crippen LogP contribution in [0.4, 0.5) is 0 Å². The van der Waals surface area contributed by atoms with E-state index in [1.165, 1.54) is 6.54 Å². The first-order chi connectivity index (χ1) is 9.49. The molecule has 1 atom stereocenters. The summed E-state index contributed by atoms with van der Waals surface area (Å²) < 4.78 is 0. The Bertz CT molecular complexity index is 322. The molecule has 0 saturated carbocycles. The highest BCUT2D eigenvalue weighted by atomic mass is 16.2. The third-order valence-corrected chi connectivity index (χ3v) is 4.54. The third kappa shape index (κ3) is 3.73. The maximum Gasteiger partial charge on any atom is 0.240 e. The molecule has 20 heavy (non-hydrogen) atoms. The van der Waals surface area contributed by atoms with Crippen molar-refractivity contribution >= 4 is 5.91 Å². The van der Waals surface area contributed by atoms with E-state index in [9.17, 15) is 4.79 Å². The fourth-order valence-corrected chi connectivity index (χ4v) is 3.51. The molecule has 0 aromatic carbocycles. The summed E-state index contributed by atoms with van der Waals surface area (Å²) in [6.07, 6.45) is 2.20. The molecule has 0 N–H and O–H groups in total. The molecule has 4 nitrogen and oxygen atoms in total. The zero-order chi connectivity index (χ0) is 14.7. The lowest BCUT2D eigenvalue weighted by atomic mass is 10.0. The summed E-state index contributed by atoms with van der Waals surface area (Å²) in [5.41, 5.74) is 0. The molecular formula is C16H31N3O. The first kappa shape index (κ1) is 15.8. The molecule has 0 spiro atoms. The van der Waals surface area contributed by atoms with Gasteiger partial charge in [-0.25, -0.2) is 0 Å². The predicted molar refractivity (Wildman–Crippen MR) is 82.7 cm³/mol. The van der Waals surface area contributed by atoms with Crippen LogP contribution in [-0.4, -0.2) is 72.0 Å². The maximum atomic E-state index is 12.6. The molecule has 2 rings (SSSR count). The number of piperidine rings is 1. The molecule has 1 amide bonds. The molecule has 1 unspecified atom stereocenters. The predicted octanol–water partition coefficient (Wildman–Crippen LogP) is 1.66. The van der Waals surface area contributed by atoms with Gasteiger partial charge in [0.15, 0.2) is 0 Å². The lowest BCUT2D eigenvalue weighted by Crippen LogP contribution is -2.58. The number of nitrogens with zero attached hydrogens (tertiary/aromatic N) is 3. The van der Waals surface area contributed by atoms with E-state index in [2.05, 4.69) is 42.4 Å². The van der Waals surface area contributed by atoms with Crippen LogP contribution in [0.5, 0.6) is 0 Å². The molecule has 0 radical (unpaired) electrons. The smallest absolute Gasteiger partial charge is 0.240 e. The zero-order valence-corrected chi connectivity index (χ0v) is 13.6. The highest BCUT2D eigenvalue weighted by Gasteiger charge is 2.35. The van der Waals surface area contributed by atoms with Gasteiger partial charge in [0.1, 0.15) is 0 Å². The average Bonchev–Trinajstić information content (AvgIpc) is 2.39. The van der Waals surface area contributed by atoms with Crippen molar-refractivity contribution in [3.05, 3.63) is 0 Å². The van der Waals surface area contributed by atoms with Crippen molar-refractivity contribution in [2.75, 3.05) is 39.3 Å². The Morgan fingerprint density at radius 2 is 1.70 bits per heavy atom. The van der Waals surface area contributed by atoms with Crippen LogP contribution in [-0.2, 0) is 4.79 Å². The van der Waals surface area contributed by atoms with Crippen LogP contribution in [0.15, 0.2) is 0 Å². The van der Waals surface area contributed by atoms with Gasteiger partial charge in [-0.3, -0.25) is 9.69 Å². The van der Waals surface area contributed by atoms with Crippen LogP contribution in [0.1, 0.15) is 40.5 Å². The Morgan fingerprint density at radius 1 is 1.05 bits per heavy atom. The van der Waals surface area contributed by atoms with Gasteiger partial charge in [0.05, 0.1) is 6.04 Å². The van der Waals surface area contributed by atoms with Gasteiger partial charge in [0.25, 0.3) is 0 Å². The fraction of sp³-hybridized carbons (Fsp3) is 0.938. The van der Waals surface area contributed by atoms with Crippen LogP contribution < -0.4 is 0 Å². The van der Waals surface area contributed by atoms with Crippen LogP contribution in [0.3, 0.4) is 0 Å². The Hall–Kier alpha value is -0.610. The quantitative estimate of drug-likeness (QED) is 0.784. The van der Waals surface area contributed by atoms with E-state index >= 15 is 0 Å². The first-order valence-electron chi connectivity index (χ1n) is 8.26. The van der Waals surface area contributed by atoms with Gasteiger partial charge in [0.2, 0.25) is 5.91 Å². The topological polar surface area (TPSA) is 26.8 Å². The normalized spacial score (nSPS) is 26.8. The highest BCUT2D eigenvalue weighted by molar-refractivity contribution is 5.82. The molecule has 2 aliphatic heterocycles. The van der Waals surface area contributed by atoms with E-state index < -0.39 is 0 Å². The number of rotatable bonds is 4. The summed E-state index contributed by atoms with van der Waals surface area (Å²) >= 11 is 0. The second-order valence-corrected chi connectivity index (χ2v) is 7.01. The average molecular weight is 281 g/mol. The monoisotopic (exact) mass is 281 g/mol. The van der Waals surface area contributed by atoms with Gasteiger partial charge in [-0.1, -0.05) is 13.8 Å². The lowest BCUT2D eigenvalue weighted by Gasteiger charge is -2.43. The van der Waals surface area contributed by atoms with E-state index in [1.54, 1.807) is 0 Å². The molecule has 0 aliphatic carbocycles. The Kier molecular flexibility index (Phi) is 5.44. The van der Waals surface area contributed by atoms with Crippen LogP contribution in [0.2, 0.25) is 0 Å². The van der Waals surface area contributed by atoms with Crippen molar-refractivity contribution in [3.63, 3.8) is 0 Å². The molecule has 2 fully saturated rings. The number of carbonyl (C=O) groups is 1. The van der Waals surface area contributed by atoms with E-state index in [1.807, 2.05) is 0 Å². The van der Waals surface area contributed by atoms with Gasteiger partial charge in [0, 0.05) is 45.3 Å². The molecule has 0 aromatic rings. The Balaban J connectivity index is 1.88. The first-order valence-corrected chi connectivity index (χ1v) is 8.26.